The van der Waals surface area contributed by atoms with E-state index in [4.69, 9.17) is 20.6 Å². The number of hydrogen-bond acceptors (Lipinski definition) is 4. The lowest BCUT2D eigenvalue weighted by Crippen LogP contribution is -2.18. The van der Waals surface area contributed by atoms with Crippen LogP contribution in [0.1, 0.15) is 78.1 Å². The molecule has 124 valence electrons. The first-order chi connectivity index (χ1) is 9.99. The molecule has 0 saturated carbocycles. The zero-order valence-electron chi connectivity index (χ0n) is 13.4. The number of hydrogen-bond donors (Lipinski definition) is 3. The lowest BCUT2D eigenvalue weighted by Gasteiger charge is -2.03. The highest BCUT2D eigenvalue weighted by molar-refractivity contribution is 5.71. The second-order valence-corrected chi connectivity index (χ2v) is 5.20. The van der Waals surface area contributed by atoms with Crippen molar-refractivity contribution in [2.24, 2.45) is 0 Å². The molecule has 0 saturated heterocycles. The largest absolute Gasteiger partial charge is 0.479 e. The van der Waals surface area contributed by atoms with Crippen LogP contribution in [0.4, 0.5) is 0 Å². The second kappa shape index (κ2) is 16.9. The predicted octanol–water partition coefficient (Wildman–Crippen LogP) is 3.24. The van der Waals surface area contributed by atoms with Gasteiger partial charge in [0.2, 0.25) is 0 Å². The van der Waals surface area contributed by atoms with Crippen molar-refractivity contribution in [2.45, 2.75) is 90.3 Å². The van der Waals surface area contributed by atoms with E-state index >= 15 is 0 Å². The van der Waals surface area contributed by atoms with Gasteiger partial charge in [-0.15, -0.1) is 0 Å². The Balaban J connectivity index is 0. The first-order valence-electron chi connectivity index (χ1n) is 7.98. The van der Waals surface area contributed by atoms with Gasteiger partial charge in [0.1, 0.15) is 6.10 Å². The average Bonchev–Trinajstić information content (AvgIpc) is 2.48. The minimum Gasteiger partial charge on any atom is -0.479 e. The minimum atomic E-state index is -1.16. The minimum absolute atomic E-state index is 0.384. The van der Waals surface area contributed by atoms with Gasteiger partial charge in [-0.2, -0.15) is 5.26 Å². The van der Waals surface area contributed by atoms with Crippen molar-refractivity contribution in [3.63, 3.8) is 0 Å². The highest BCUT2D eigenvalue weighted by Crippen LogP contribution is 2.05. The highest BCUT2D eigenvalue weighted by Gasteiger charge is 2.11. The molecule has 0 aromatic heterocycles. The number of carbonyl (C=O) groups is 1. The molecular formula is C16H31NO4. The van der Waals surface area contributed by atoms with Crippen molar-refractivity contribution in [3.05, 3.63) is 0 Å². The van der Waals surface area contributed by atoms with Gasteiger partial charge in [0, 0.05) is 0 Å². The van der Waals surface area contributed by atoms with Gasteiger partial charge in [-0.1, -0.05) is 58.8 Å². The van der Waals surface area contributed by atoms with Crippen molar-refractivity contribution >= 4 is 5.97 Å². The molecular weight excluding hydrogens is 270 g/mol. The fourth-order valence-corrected chi connectivity index (χ4v) is 1.72. The average molecular weight is 301 g/mol. The van der Waals surface area contributed by atoms with Crippen LogP contribution in [0.2, 0.25) is 0 Å². The molecule has 2 unspecified atom stereocenters. The number of nitriles is 1. The van der Waals surface area contributed by atoms with E-state index in [1.54, 1.807) is 6.07 Å². The normalized spacial score (nSPS) is 12.7. The summed E-state index contributed by atoms with van der Waals surface area (Å²) in [5.74, 6) is -1.11. The van der Waals surface area contributed by atoms with Crippen molar-refractivity contribution < 1.29 is 20.1 Å². The summed E-state index contributed by atoms with van der Waals surface area (Å²) in [5, 5.41) is 34.1. The van der Waals surface area contributed by atoms with E-state index in [0.29, 0.717) is 12.8 Å². The maximum absolute atomic E-state index is 10.1. The molecule has 0 spiro atoms. The van der Waals surface area contributed by atoms with Crippen LogP contribution in [0, 0.1) is 11.3 Å². The summed E-state index contributed by atoms with van der Waals surface area (Å²) in [7, 11) is 0. The van der Waals surface area contributed by atoms with Crippen LogP contribution in [-0.4, -0.2) is 33.5 Å². The van der Waals surface area contributed by atoms with Gasteiger partial charge in [-0.25, -0.2) is 4.79 Å². The third-order valence-corrected chi connectivity index (χ3v) is 3.10. The second-order valence-electron chi connectivity index (χ2n) is 5.20. The molecule has 0 rings (SSSR count). The molecule has 0 aliphatic carbocycles. The molecule has 0 aliphatic rings. The van der Waals surface area contributed by atoms with Gasteiger partial charge < -0.3 is 15.3 Å². The molecule has 0 radical (unpaired) electrons. The maximum Gasteiger partial charge on any atom is 0.332 e. The fourth-order valence-electron chi connectivity index (χ4n) is 1.72. The molecule has 0 heterocycles. The lowest BCUT2D eigenvalue weighted by molar-refractivity contribution is -0.146. The topological polar surface area (TPSA) is 102 Å². The van der Waals surface area contributed by atoms with Crippen molar-refractivity contribution in [1.29, 1.82) is 5.26 Å². The molecule has 3 N–H and O–H groups in total. The summed E-state index contributed by atoms with van der Waals surface area (Å²) >= 11 is 0. The Morgan fingerprint density at radius 2 is 1.43 bits per heavy atom. The molecule has 0 amide bonds. The zero-order chi connectivity index (χ0) is 16.5. The van der Waals surface area contributed by atoms with Crippen LogP contribution >= 0.6 is 0 Å². The zero-order valence-corrected chi connectivity index (χ0v) is 13.4. The summed E-state index contributed by atoms with van der Waals surface area (Å²) < 4.78 is 0. The van der Waals surface area contributed by atoms with Gasteiger partial charge in [-0.3, -0.25) is 0 Å². The maximum atomic E-state index is 10.1. The van der Waals surface area contributed by atoms with E-state index < -0.39 is 18.2 Å². The molecule has 21 heavy (non-hydrogen) atoms. The monoisotopic (exact) mass is 301 g/mol. The van der Waals surface area contributed by atoms with E-state index in [9.17, 15) is 4.79 Å². The van der Waals surface area contributed by atoms with E-state index in [-0.39, 0.29) is 0 Å². The van der Waals surface area contributed by atoms with E-state index in [2.05, 4.69) is 13.8 Å². The predicted molar refractivity (Wildman–Crippen MR) is 82.8 cm³/mol. The van der Waals surface area contributed by atoms with Gasteiger partial charge in [0.05, 0.1) is 6.07 Å². The van der Waals surface area contributed by atoms with Gasteiger partial charge in [-0.05, 0) is 19.3 Å². The fraction of sp³-hybridized carbons (Fsp3) is 0.875. The van der Waals surface area contributed by atoms with E-state index in [0.717, 1.165) is 38.5 Å². The number of aliphatic carboxylic acids is 1. The SMILES string of the molecule is CCCCCCC(O)C#N.CCCCCCC(O)C(=O)O. The van der Waals surface area contributed by atoms with Crippen molar-refractivity contribution in [1.82, 2.24) is 0 Å². The third-order valence-electron chi connectivity index (χ3n) is 3.10. The molecule has 0 aromatic carbocycles. The van der Waals surface area contributed by atoms with Crippen LogP contribution in [0.5, 0.6) is 0 Å². The molecule has 0 aliphatic heterocycles. The van der Waals surface area contributed by atoms with Gasteiger partial charge in [0.15, 0.2) is 6.10 Å². The van der Waals surface area contributed by atoms with E-state index in [1.807, 2.05) is 0 Å². The van der Waals surface area contributed by atoms with Gasteiger partial charge >= 0.3 is 5.97 Å². The number of carboxylic acid groups (broad SMARTS) is 1. The summed E-state index contributed by atoms with van der Waals surface area (Å²) in [6.07, 6.45) is 7.70. The quantitative estimate of drug-likeness (QED) is 0.401. The molecule has 0 aromatic rings. The number of aliphatic hydroxyl groups is 2. The Morgan fingerprint density at radius 1 is 0.952 bits per heavy atom. The number of rotatable bonds is 11. The molecule has 0 fully saturated rings. The Labute approximate surface area is 128 Å². The van der Waals surface area contributed by atoms with Crippen LogP contribution in [0.25, 0.3) is 0 Å². The molecule has 2 atom stereocenters. The number of unbranched alkanes of at least 4 members (excludes halogenated alkanes) is 6. The third kappa shape index (κ3) is 18.9. The van der Waals surface area contributed by atoms with Gasteiger partial charge in [0.25, 0.3) is 0 Å². The first kappa shape index (κ1) is 22.2. The molecule has 5 nitrogen and oxygen atoms in total. The molecule has 5 heteroatoms. The summed E-state index contributed by atoms with van der Waals surface area (Å²) in [6.45, 7) is 4.23. The first-order valence-corrected chi connectivity index (χ1v) is 7.98. The standard InChI is InChI=1S/C8H15NO.C8H16O3/c1-2-3-4-5-6-8(10)7-9;1-2-3-4-5-6-7(9)8(10)11/h8,10H,2-6H2,1H3;7,9H,2-6H2,1H3,(H,10,11). The Bertz CT molecular complexity index is 276. The van der Waals surface area contributed by atoms with Crippen molar-refractivity contribution in [3.8, 4) is 6.07 Å². The Kier molecular flexibility index (Phi) is 17.9. The van der Waals surface area contributed by atoms with Crippen LogP contribution < -0.4 is 0 Å². The summed E-state index contributed by atoms with van der Waals surface area (Å²) in [4.78, 5) is 10.1. The Morgan fingerprint density at radius 3 is 1.81 bits per heavy atom. The summed E-state index contributed by atoms with van der Waals surface area (Å²) in [6, 6.07) is 1.80. The smallest absolute Gasteiger partial charge is 0.332 e. The number of nitrogens with zero attached hydrogens (tertiary/aromatic N) is 1. The number of aliphatic hydroxyl groups excluding tert-OH is 2. The lowest BCUT2D eigenvalue weighted by atomic mass is 10.1. The summed E-state index contributed by atoms with van der Waals surface area (Å²) in [5.41, 5.74) is 0. The van der Waals surface area contributed by atoms with Crippen LogP contribution in [0.3, 0.4) is 0 Å². The van der Waals surface area contributed by atoms with Crippen molar-refractivity contribution in [2.75, 3.05) is 0 Å². The van der Waals surface area contributed by atoms with E-state index in [1.165, 1.54) is 12.8 Å². The highest BCUT2D eigenvalue weighted by atomic mass is 16.4. The van der Waals surface area contributed by atoms with Crippen LogP contribution in [0.15, 0.2) is 0 Å². The number of carboxylic acids is 1. The van der Waals surface area contributed by atoms with Crippen LogP contribution in [-0.2, 0) is 4.79 Å². The molecule has 0 bridgehead atoms. The Hall–Kier alpha value is -1.12.